The molecule has 6 nitrogen and oxygen atoms in total. The molecule has 1 unspecified atom stereocenters. The second-order valence-corrected chi connectivity index (χ2v) is 7.86. The van der Waals surface area contributed by atoms with E-state index in [1.807, 2.05) is 18.2 Å². The first-order valence-corrected chi connectivity index (χ1v) is 10.7. The highest BCUT2D eigenvalue weighted by atomic mass is 16.5. The molecule has 0 radical (unpaired) electrons. The van der Waals surface area contributed by atoms with Crippen LogP contribution in [0.25, 0.3) is 0 Å². The van der Waals surface area contributed by atoms with E-state index in [0.29, 0.717) is 18.5 Å². The standard InChI is InChI=1S/C24H30N2O4/c1-3-30-24(29)13-18-8-9-25-21(12-18)17(2)6-4-10-26-11-5-7-19-14-20(16-27)23(28)15-22(19)26/h8-9,12,14-17,28H,3-7,10-11,13H2,1-2H3. The Labute approximate surface area is 177 Å². The first kappa shape index (κ1) is 21.8. The smallest absolute Gasteiger partial charge is 0.310 e. The number of aromatic nitrogens is 1. The van der Waals surface area contributed by atoms with Crippen LogP contribution in [0, 0.1) is 0 Å². The van der Waals surface area contributed by atoms with Crippen molar-refractivity contribution in [1.82, 2.24) is 4.98 Å². The Bertz CT molecular complexity index is 897. The van der Waals surface area contributed by atoms with E-state index >= 15 is 0 Å². The molecule has 1 aliphatic heterocycles. The van der Waals surface area contributed by atoms with Gasteiger partial charge in [-0.05, 0) is 67.9 Å². The zero-order valence-corrected chi connectivity index (χ0v) is 17.8. The molecule has 1 atom stereocenters. The van der Waals surface area contributed by atoms with Gasteiger partial charge < -0.3 is 14.7 Å². The average molecular weight is 411 g/mol. The number of pyridine rings is 1. The summed E-state index contributed by atoms with van der Waals surface area (Å²) < 4.78 is 5.03. The number of phenols is 1. The maximum Gasteiger partial charge on any atom is 0.310 e. The first-order valence-electron chi connectivity index (χ1n) is 10.7. The number of phenolic OH excluding ortho intramolecular Hbond substituents is 1. The van der Waals surface area contributed by atoms with E-state index in [1.54, 1.807) is 19.2 Å². The summed E-state index contributed by atoms with van der Waals surface area (Å²) in [6.45, 7) is 6.19. The summed E-state index contributed by atoms with van der Waals surface area (Å²) in [4.78, 5) is 29.6. The molecule has 0 saturated heterocycles. The van der Waals surface area contributed by atoms with Crippen LogP contribution in [0.1, 0.15) is 66.2 Å². The number of hydrogen-bond donors (Lipinski definition) is 1. The molecule has 2 aromatic rings. The number of fused-ring (bicyclic) bond motifs is 1. The van der Waals surface area contributed by atoms with Gasteiger partial charge in [-0.15, -0.1) is 0 Å². The van der Waals surface area contributed by atoms with Gasteiger partial charge in [0, 0.05) is 36.7 Å². The fourth-order valence-electron chi connectivity index (χ4n) is 4.03. The third-order valence-electron chi connectivity index (χ3n) is 5.64. The lowest BCUT2D eigenvalue weighted by atomic mass is 9.96. The van der Waals surface area contributed by atoms with Crippen molar-refractivity contribution < 1.29 is 19.4 Å². The van der Waals surface area contributed by atoms with Crippen molar-refractivity contribution in [2.45, 2.75) is 51.9 Å². The number of carbonyl (C=O) groups excluding carboxylic acids is 2. The summed E-state index contributed by atoms with van der Waals surface area (Å²) in [5, 5.41) is 10.1. The molecule has 0 aliphatic carbocycles. The van der Waals surface area contributed by atoms with E-state index in [4.69, 9.17) is 4.74 Å². The molecule has 0 amide bonds. The number of aldehydes is 1. The summed E-state index contributed by atoms with van der Waals surface area (Å²) in [7, 11) is 0. The Morgan fingerprint density at radius 2 is 2.20 bits per heavy atom. The highest BCUT2D eigenvalue weighted by Crippen LogP contribution is 2.33. The number of hydrogen-bond acceptors (Lipinski definition) is 6. The number of aromatic hydroxyl groups is 1. The molecule has 1 aliphatic rings. The van der Waals surface area contributed by atoms with E-state index in [2.05, 4.69) is 16.8 Å². The monoisotopic (exact) mass is 410 g/mol. The molecule has 2 heterocycles. The number of esters is 1. The third-order valence-corrected chi connectivity index (χ3v) is 5.64. The van der Waals surface area contributed by atoms with Crippen LogP contribution in [-0.4, -0.2) is 42.0 Å². The van der Waals surface area contributed by atoms with Crippen molar-refractivity contribution in [3.63, 3.8) is 0 Å². The Hall–Kier alpha value is -2.89. The Morgan fingerprint density at radius 3 is 2.97 bits per heavy atom. The van der Waals surface area contributed by atoms with E-state index < -0.39 is 0 Å². The molecule has 160 valence electrons. The molecular formula is C24H30N2O4. The topological polar surface area (TPSA) is 79.7 Å². The minimum Gasteiger partial charge on any atom is -0.507 e. The summed E-state index contributed by atoms with van der Waals surface area (Å²) in [5.74, 6) is 0.112. The summed E-state index contributed by atoms with van der Waals surface area (Å²) in [6.07, 6.45) is 6.67. The highest BCUT2D eigenvalue weighted by Gasteiger charge is 2.19. The second-order valence-electron chi connectivity index (χ2n) is 7.86. The molecule has 0 fully saturated rings. The number of carbonyl (C=O) groups is 2. The Morgan fingerprint density at radius 1 is 1.37 bits per heavy atom. The van der Waals surface area contributed by atoms with Gasteiger partial charge >= 0.3 is 5.97 Å². The molecule has 0 saturated carbocycles. The van der Waals surface area contributed by atoms with Crippen LogP contribution in [-0.2, 0) is 22.4 Å². The number of rotatable bonds is 9. The van der Waals surface area contributed by atoms with Crippen molar-refractivity contribution in [3.8, 4) is 5.75 Å². The number of nitrogens with zero attached hydrogens (tertiary/aromatic N) is 2. The molecule has 0 spiro atoms. The van der Waals surface area contributed by atoms with Crippen LogP contribution < -0.4 is 4.90 Å². The lowest BCUT2D eigenvalue weighted by Gasteiger charge is -2.32. The van der Waals surface area contributed by atoms with Gasteiger partial charge in [0.05, 0.1) is 18.6 Å². The maximum absolute atomic E-state index is 11.7. The van der Waals surface area contributed by atoms with Gasteiger partial charge in [-0.25, -0.2) is 0 Å². The van der Waals surface area contributed by atoms with E-state index in [-0.39, 0.29) is 24.1 Å². The van der Waals surface area contributed by atoms with Gasteiger partial charge in [-0.2, -0.15) is 0 Å². The van der Waals surface area contributed by atoms with Crippen LogP contribution in [0.4, 0.5) is 5.69 Å². The number of anilines is 1. The quantitative estimate of drug-likeness (QED) is 0.496. The van der Waals surface area contributed by atoms with Gasteiger partial charge in [-0.3, -0.25) is 14.6 Å². The van der Waals surface area contributed by atoms with Gasteiger partial charge in [-0.1, -0.05) is 6.92 Å². The fourth-order valence-corrected chi connectivity index (χ4v) is 4.03. The minimum atomic E-state index is -0.216. The average Bonchev–Trinajstić information content (AvgIpc) is 2.74. The molecule has 1 N–H and O–H groups in total. The number of aryl methyl sites for hydroxylation is 1. The lowest BCUT2D eigenvalue weighted by molar-refractivity contribution is -0.142. The molecule has 6 heteroatoms. The Kier molecular flexibility index (Phi) is 7.44. The zero-order valence-electron chi connectivity index (χ0n) is 17.8. The zero-order chi connectivity index (χ0) is 21.5. The van der Waals surface area contributed by atoms with Gasteiger partial charge in [0.1, 0.15) is 5.75 Å². The van der Waals surface area contributed by atoms with Crippen molar-refractivity contribution in [3.05, 3.63) is 52.8 Å². The third kappa shape index (κ3) is 5.38. The Balaban J connectivity index is 1.58. The van der Waals surface area contributed by atoms with Crippen LogP contribution >= 0.6 is 0 Å². The van der Waals surface area contributed by atoms with E-state index in [0.717, 1.165) is 61.3 Å². The largest absolute Gasteiger partial charge is 0.507 e. The fraction of sp³-hybridized carbons (Fsp3) is 0.458. The molecule has 1 aromatic heterocycles. The second kappa shape index (κ2) is 10.2. The predicted molar refractivity (Wildman–Crippen MR) is 116 cm³/mol. The van der Waals surface area contributed by atoms with Crippen molar-refractivity contribution >= 4 is 17.9 Å². The number of ether oxygens (including phenoxy) is 1. The molecule has 1 aromatic carbocycles. The minimum absolute atomic E-state index is 0.0478. The molecule has 30 heavy (non-hydrogen) atoms. The summed E-state index contributed by atoms with van der Waals surface area (Å²) >= 11 is 0. The SMILES string of the molecule is CCOC(=O)Cc1ccnc(C(C)CCCN2CCCc3cc(C=O)c(O)cc32)c1. The van der Waals surface area contributed by atoms with Crippen LogP contribution in [0.2, 0.25) is 0 Å². The van der Waals surface area contributed by atoms with Gasteiger partial charge in [0.2, 0.25) is 0 Å². The van der Waals surface area contributed by atoms with Crippen LogP contribution in [0.15, 0.2) is 30.5 Å². The lowest BCUT2D eigenvalue weighted by Crippen LogP contribution is -2.30. The van der Waals surface area contributed by atoms with Crippen LogP contribution in [0.3, 0.4) is 0 Å². The first-order chi connectivity index (χ1) is 14.5. The molecule has 0 bridgehead atoms. The summed E-state index contributed by atoms with van der Waals surface area (Å²) in [5.41, 5.74) is 4.44. The van der Waals surface area contributed by atoms with Crippen molar-refractivity contribution in [1.29, 1.82) is 0 Å². The number of benzene rings is 1. The predicted octanol–water partition coefficient (Wildman–Crippen LogP) is 4.04. The summed E-state index contributed by atoms with van der Waals surface area (Å²) in [6, 6.07) is 7.39. The van der Waals surface area contributed by atoms with Crippen LogP contribution in [0.5, 0.6) is 5.75 Å². The highest BCUT2D eigenvalue weighted by molar-refractivity contribution is 5.82. The van der Waals surface area contributed by atoms with Crippen molar-refractivity contribution in [2.75, 3.05) is 24.6 Å². The van der Waals surface area contributed by atoms with Gasteiger partial charge in [0.25, 0.3) is 0 Å². The van der Waals surface area contributed by atoms with E-state index in [9.17, 15) is 14.7 Å². The maximum atomic E-state index is 11.7. The van der Waals surface area contributed by atoms with E-state index in [1.165, 1.54) is 0 Å². The van der Waals surface area contributed by atoms with Gasteiger partial charge in [0.15, 0.2) is 6.29 Å². The van der Waals surface area contributed by atoms with Crippen molar-refractivity contribution in [2.24, 2.45) is 0 Å². The molecular weight excluding hydrogens is 380 g/mol. The molecule has 3 rings (SSSR count). The normalized spacial score (nSPS) is 14.1.